The van der Waals surface area contributed by atoms with E-state index in [0.29, 0.717) is 10.8 Å². The Morgan fingerprint density at radius 1 is 1.29 bits per heavy atom. The standard InChI is InChI=1S/C19H21FN2O2/c1-2-10-22-17(18(23)21-15-6-4-3-5-7-15)12-13-11-14(20)8-9-16(13)19(22)24/h2,8-9,11-12,15H,1,3-7,10H2,(H,21,23). The number of pyridine rings is 1. The van der Waals surface area contributed by atoms with Crippen LogP contribution in [-0.4, -0.2) is 16.5 Å². The summed E-state index contributed by atoms with van der Waals surface area (Å²) in [6.45, 7) is 3.89. The van der Waals surface area contributed by atoms with Gasteiger partial charge in [0.1, 0.15) is 11.5 Å². The van der Waals surface area contributed by atoms with Gasteiger partial charge in [-0.2, -0.15) is 0 Å². The van der Waals surface area contributed by atoms with E-state index in [4.69, 9.17) is 0 Å². The minimum Gasteiger partial charge on any atom is -0.348 e. The van der Waals surface area contributed by atoms with Crippen LogP contribution in [0.25, 0.3) is 10.8 Å². The predicted octanol–water partition coefficient (Wildman–Crippen LogP) is 3.39. The van der Waals surface area contributed by atoms with Crippen molar-refractivity contribution in [3.05, 3.63) is 58.8 Å². The number of benzene rings is 1. The highest BCUT2D eigenvalue weighted by molar-refractivity contribution is 5.96. The maximum Gasteiger partial charge on any atom is 0.268 e. The van der Waals surface area contributed by atoms with Crippen LogP contribution in [0.4, 0.5) is 4.39 Å². The maximum absolute atomic E-state index is 13.5. The Labute approximate surface area is 140 Å². The second-order valence-electron chi connectivity index (χ2n) is 6.27. The van der Waals surface area contributed by atoms with Gasteiger partial charge in [0.25, 0.3) is 11.5 Å². The summed E-state index contributed by atoms with van der Waals surface area (Å²) in [5.41, 5.74) is -0.0511. The molecule has 1 amide bonds. The molecule has 2 aromatic rings. The van der Waals surface area contributed by atoms with E-state index in [-0.39, 0.29) is 29.7 Å². The molecule has 1 N–H and O–H groups in total. The lowest BCUT2D eigenvalue weighted by Gasteiger charge is -2.23. The lowest BCUT2D eigenvalue weighted by molar-refractivity contribution is 0.0917. The minimum absolute atomic E-state index is 0.140. The first-order valence-corrected chi connectivity index (χ1v) is 8.35. The Morgan fingerprint density at radius 2 is 2.04 bits per heavy atom. The van der Waals surface area contributed by atoms with E-state index in [0.717, 1.165) is 25.7 Å². The van der Waals surface area contributed by atoms with Gasteiger partial charge in [0.05, 0.1) is 0 Å². The van der Waals surface area contributed by atoms with Crippen LogP contribution >= 0.6 is 0 Å². The van der Waals surface area contributed by atoms with Crippen molar-refractivity contribution in [1.82, 2.24) is 9.88 Å². The third-order valence-corrected chi connectivity index (χ3v) is 4.56. The molecule has 1 aromatic heterocycles. The van der Waals surface area contributed by atoms with Crippen molar-refractivity contribution in [3.63, 3.8) is 0 Å². The van der Waals surface area contributed by atoms with Crippen LogP contribution in [0.3, 0.4) is 0 Å². The number of hydrogen-bond donors (Lipinski definition) is 1. The molecule has 0 unspecified atom stereocenters. The highest BCUT2D eigenvalue weighted by atomic mass is 19.1. The molecule has 1 heterocycles. The van der Waals surface area contributed by atoms with Crippen LogP contribution in [-0.2, 0) is 6.54 Å². The summed E-state index contributed by atoms with van der Waals surface area (Å²) in [7, 11) is 0. The van der Waals surface area contributed by atoms with Crippen LogP contribution in [0, 0.1) is 5.82 Å². The maximum atomic E-state index is 13.5. The third-order valence-electron chi connectivity index (χ3n) is 4.56. The van der Waals surface area contributed by atoms with Gasteiger partial charge in [-0.05, 0) is 42.5 Å². The number of amides is 1. The van der Waals surface area contributed by atoms with Crippen molar-refractivity contribution >= 4 is 16.7 Å². The Hall–Kier alpha value is -2.43. The first-order valence-electron chi connectivity index (χ1n) is 8.35. The SMILES string of the molecule is C=CCn1c(C(=O)NC2CCCCC2)cc2cc(F)ccc2c1=O. The lowest BCUT2D eigenvalue weighted by atomic mass is 9.95. The molecule has 0 radical (unpaired) electrons. The highest BCUT2D eigenvalue weighted by Gasteiger charge is 2.20. The van der Waals surface area contributed by atoms with Crippen molar-refractivity contribution in [2.24, 2.45) is 0 Å². The number of nitrogens with one attached hydrogen (secondary N) is 1. The molecule has 1 fully saturated rings. The van der Waals surface area contributed by atoms with Crippen molar-refractivity contribution in [2.45, 2.75) is 44.7 Å². The van der Waals surface area contributed by atoms with Gasteiger partial charge in [-0.3, -0.25) is 14.2 Å². The topological polar surface area (TPSA) is 51.1 Å². The smallest absolute Gasteiger partial charge is 0.268 e. The van der Waals surface area contributed by atoms with Crippen molar-refractivity contribution in [1.29, 1.82) is 0 Å². The molecule has 5 heteroatoms. The Bertz CT molecular complexity index is 835. The van der Waals surface area contributed by atoms with Gasteiger partial charge in [0.15, 0.2) is 0 Å². The monoisotopic (exact) mass is 328 g/mol. The fourth-order valence-electron chi connectivity index (χ4n) is 3.33. The summed E-state index contributed by atoms with van der Waals surface area (Å²) in [4.78, 5) is 25.4. The molecule has 24 heavy (non-hydrogen) atoms. The van der Waals surface area contributed by atoms with Crippen molar-refractivity contribution in [3.8, 4) is 0 Å². The predicted molar refractivity (Wildman–Crippen MR) is 92.7 cm³/mol. The van der Waals surface area contributed by atoms with Gasteiger partial charge in [0.2, 0.25) is 0 Å². The number of nitrogens with zero attached hydrogens (tertiary/aromatic N) is 1. The quantitative estimate of drug-likeness (QED) is 0.875. The van der Waals surface area contributed by atoms with Gasteiger partial charge in [-0.25, -0.2) is 4.39 Å². The second kappa shape index (κ2) is 6.99. The first kappa shape index (κ1) is 16.4. The molecule has 0 bridgehead atoms. The number of rotatable bonds is 4. The van der Waals surface area contributed by atoms with Crippen molar-refractivity contribution < 1.29 is 9.18 Å². The number of fused-ring (bicyclic) bond motifs is 1. The van der Waals surface area contributed by atoms with E-state index in [9.17, 15) is 14.0 Å². The zero-order valence-corrected chi connectivity index (χ0v) is 13.6. The highest BCUT2D eigenvalue weighted by Crippen LogP contribution is 2.19. The van der Waals surface area contributed by atoms with Gasteiger partial charge in [-0.1, -0.05) is 25.3 Å². The Kier molecular flexibility index (Phi) is 4.79. The zero-order chi connectivity index (χ0) is 17.1. The van der Waals surface area contributed by atoms with Crippen molar-refractivity contribution in [2.75, 3.05) is 0 Å². The number of carbonyl (C=O) groups is 1. The van der Waals surface area contributed by atoms with Gasteiger partial charge >= 0.3 is 0 Å². The number of halogens is 1. The summed E-state index contributed by atoms with van der Waals surface area (Å²) in [6, 6.07) is 5.72. The molecule has 0 spiro atoms. The van der Waals surface area contributed by atoms with Crippen LogP contribution in [0.5, 0.6) is 0 Å². The molecule has 1 aliphatic carbocycles. The summed E-state index contributed by atoms with van der Waals surface area (Å²) >= 11 is 0. The Balaban J connectivity index is 2.03. The van der Waals surface area contributed by atoms with Gasteiger partial charge in [0, 0.05) is 18.0 Å². The summed E-state index contributed by atoms with van der Waals surface area (Å²) in [5.74, 6) is -0.714. The van der Waals surface area contributed by atoms with Crippen LogP contribution < -0.4 is 10.9 Å². The first-order chi connectivity index (χ1) is 11.6. The van der Waals surface area contributed by atoms with Gasteiger partial charge < -0.3 is 5.32 Å². The number of carbonyl (C=O) groups excluding carboxylic acids is 1. The van der Waals surface area contributed by atoms with E-state index in [1.807, 2.05) is 0 Å². The normalized spacial score (nSPS) is 15.4. The largest absolute Gasteiger partial charge is 0.348 e. The molecule has 4 nitrogen and oxygen atoms in total. The second-order valence-corrected chi connectivity index (χ2v) is 6.27. The van der Waals surface area contributed by atoms with E-state index in [2.05, 4.69) is 11.9 Å². The lowest BCUT2D eigenvalue weighted by Crippen LogP contribution is -2.39. The van der Waals surface area contributed by atoms with Crippen LogP contribution in [0.15, 0.2) is 41.7 Å². The van der Waals surface area contributed by atoms with E-state index < -0.39 is 5.82 Å². The summed E-state index contributed by atoms with van der Waals surface area (Å²) < 4.78 is 14.9. The molecule has 0 aliphatic heterocycles. The number of hydrogen-bond acceptors (Lipinski definition) is 2. The molecular formula is C19H21FN2O2. The fourth-order valence-corrected chi connectivity index (χ4v) is 3.33. The average Bonchev–Trinajstić information content (AvgIpc) is 2.58. The van der Waals surface area contributed by atoms with Gasteiger partial charge in [-0.15, -0.1) is 6.58 Å². The molecule has 3 rings (SSSR count). The fraction of sp³-hybridized carbons (Fsp3) is 0.368. The average molecular weight is 328 g/mol. The molecule has 126 valence electrons. The summed E-state index contributed by atoms with van der Waals surface area (Å²) in [5, 5.41) is 3.85. The minimum atomic E-state index is -0.429. The summed E-state index contributed by atoms with van der Waals surface area (Å²) in [6.07, 6.45) is 6.90. The molecule has 0 atom stereocenters. The third kappa shape index (κ3) is 3.25. The van der Waals surface area contributed by atoms with Crippen LogP contribution in [0.1, 0.15) is 42.6 Å². The number of aromatic nitrogens is 1. The molecule has 1 aromatic carbocycles. The zero-order valence-electron chi connectivity index (χ0n) is 13.6. The number of allylic oxidation sites excluding steroid dienone is 1. The molecule has 0 saturated heterocycles. The molecular weight excluding hydrogens is 307 g/mol. The molecule has 1 saturated carbocycles. The van der Waals surface area contributed by atoms with E-state index in [1.54, 1.807) is 12.1 Å². The van der Waals surface area contributed by atoms with E-state index in [1.165, 1.54) is 29.2 Å². The van der Waals surface area contributed by atoms with E-state index >= 15 is 0 Å². The van der Waals surface area contributed by atoms with Crippen LogP contribution in [0.2, 0.25) is 0 Å². The Morgan fingerprint density at radius 3 is 2.75 bits per heavy atom. The molecule has 1 aliphatic rings.